The summed E-state index contributed by atoms with van der Waals surface area (Å²) in [6, 6.07) is 11.7. The molecule has 0 bridgehead atoms. The zero-order chi connectivity index (χ0) is 16.2. The standard InChI is InChI=1S/C15H15FN2O3S/c1-22(20,21)14-7-3-5-12(9-14)17-10-15(19)18-13-6-2-4-11(16)8-13/h2-9,17H,10H2,1H3,(H,18,19). The largest absolute Gasteiger partial charge is 0.376 e. The minimum Gasteiger partial charge on any atom is -0.376 e. The van der Waals surface area contributed by atoms with E-state index in [2.05, 4.69) is 10.6 Å². The van der Waals surface area contributed by atoms with Gasteiger partial charge in [0.1, 0.15) is 5.82 Å². The fraction of sp³-hybridized carbons (Fsp3) is 0.133. The van der Waals surface area contributed by atoms with Crippen molar-refractivity contribution in [2.24, 2.45) is 0 Å². The molecule has 0 unspecified atom stereocenters. The second kappa shape index (κ2) is 6.57. The molecule has 0 saturated heterocycles. The molecule has 0 saturated carbocycles. The molecule has 0 spiro atoms. The molecule has 2 aromatic carbocycles. The second-order valence-corrected chi connectivity index (χ2v) is 6.73. The third-order valence-corrected chi connectivity index (χ3v) is 3.93. The first-order valence-corrected chi connectivity index (χ1v) is 8.33. The van der Waals surface area contributed by atoms with E-state index < -0.39 is 15.7 Å². The Kier molecular flexibility index (Phi) is 4.77. The number of hydrogen-bond acceptors (Lipinski definition) is 4. The molecule has 0 heterocycles. The van der Waals surface area contributed by atoms with Gasteiger partial charge in [-0.3, -0.25) is 4.79 Å². The van der Waals surface area contributed by atoms with E-state index in [0.29, 0.717) is 11.4 Å². The number of halogens is 1. The van der Waals surface area contributed by atoms with Gasteiger partial charge in [-0.2, -0.15) is 0 Å². The fourth-order valence-corrected chi connectivity index (χ4v) is 2.46. The van der Waals surface area contributed by atoms with Gasteiger partial charge in [0.25, 0.3) is 0 Å². The number of rotatable bonds is 5. The molecule has 0 aromatic heterocycles. The van der Waals surface area contributed by atoms with Crippen LogP contribution in [0.4, 0.5) is 15.8 Å². The molecule has 5 nitrogen and oxygen atoms in total. The molecule has 116 valence electrons. The van der Waals surface area contributed by atoms with Gasteiger partial charge in [0.15, 0.2) is 9.84 Å². The average Bonchev–Trinajstić information content (AvgIpc) is 2.45. The molecule has 22 heavy (non-hydrogen) atoms. The maximum atomic E-state index is 13.0. The third-order valence-electron chi connectivity index (χ3n) is 2.82. The maximum absolute atomic E-state index is 13.0. The Bertz CT molecular complexity index is 791. The SMILES string of the molecule is CS(=O)(=O)c1cccc(NCC(=O)Nc2cccc(F)c2)c1. The fourth-order valence-electron chi connectivity index (χ4n) is 1.79. The van der Waals surface area contributed by atoms with E-state index in [-0.39, 0.29) is 17.3 Å². The molecule has 1 amide bonds. The van der Waals surface area contributed by atoms with Crippen LogP contribution in [0.5, 0.6) is 0 Å². The van der Waals surface area contributed by atoms with Gasteiger partial charge in [0, 0.05) is 17.6 Å². The van der Waals surface area contributed by atoms with E-state index >= 15 is 0 Å². The van der Waals surface area contributed by atoms with Gasteiger partial charge in [0.05, 0.1) is 11.4 Å². The van der Waals surface area contributed by atoms with Crippen LogP contribution in [0.15, 0.2) is 53.4 Å². The maximum Gasteiger partial charge on any atom is 0.243 e. The summed E-state index contributed by atoms with van der Waals surface area (Å²) in [4.78, 5) is 11.9. The molecule has 0 radical (unpaired) electrons. The average molecular weight is 322 g/mol. The van der Waals surface area contributed by atoms with Crippen molar-refractivity contribution in [1.29, 1.82) is 0 Å². The van der Waals surface area contributed by atoms with Crippen molar-refractivity contribution < 1.29 is 17.6 Å². The first-order chi connectivity index (χ1) is 10.3. The quantitative estimate of drug-likeness (QED) is 0.885. The van der Waals surface area contributed by atoms with Crippen LogP contribution in [-0.2, 0) is 14.6 Å². The van der Waals surface area contributed by atoms with E-state index in [1.54, 1.807) is 18.2 Å². The number of amides is 1. The number of anilines is 2. The predicted molar refractivity (Wildman–Crippen MR) is 83.1 cm³/mol. The Morgan fingerprint density at radius 2 is 1.77 bits per heavy atom. The zero-order valence-electron chi connectivity index (χ0n) is 11.8. The lowest BCUT2D eigenvalue weighted by atomic mass is 10.3. The van der Waals surface area contributed by atoms with Gasteiger partial charge >= 0.3 is 0 Å². The highest BCUT2D eigenvalue weighted by Crippen LogP contribution is 2.15. The Labute approximate surface area is 128 Å². The second-order valence-electron chi connectivity index (χ2n) is 4.71. The van der Waals surface area contributed by atoms with Gasteiger partial charge in [0.2, 0.25) is 5.91 Å². The first kappa shape index (κ1) is 16.0. The van der Waals surface area contributed by atoms with Crippen molar-refractivity contribution in [2.45, 2.75) is 4.90 Å². The lowest BCUT2D eigenvalue weighted by molar-refractivity contribution is -0.114. The zero-order valence-corrected chi connectivity index (χ0v) is 12.7. The Hall–Kier alpha value is -2.41. The predicted octanol–water partition coefficient (Wildman–Crippen LogP) is 2.28. The summed E-state index contributed by atoms with van der Waals surface area (Å²) < 4.78 is 35.9. The molecule has 0 aliphatic carbocycles. The third kappa shape index (κ3) is 4.56. The van der Waals surface area contributed by atoms with E-state index in [4.69, 9.17) is 0 Å². The van der Waals surface area contributed by atoms with Gasteiger partial charge in [-0.25, -0.2) is 12.8 Å². The van der Waals surface area contributed by atoms with Gasteiger partial charge in [-0.1, -0.05) is 12.1 Å². The smallest absolute Gasteiger partial charge is 0.243 e. The van der Waals surface area contributed by atoms with Crippen molar-refractivity contribution in [3.8, 4) is 0 Å². The topological polar surface area (TPSA) is 75.3 Å². The summed E-state index contributed by atoms with van der Waals surface area (Å²) >= 11 is 0. The van der Waals surface area contributed by atoms with E-state index in [0.717, 1.165) is 6.26 Å². The van der Waals surface area contributed by atoms with Gasteiger partial charge in [-0.05, 0) is 36.4 Å². The van der Waals surface area contributed by atoms with Crippen LogP contribution in [0, 0.1) is 5.82 Å². The van der Waals surface area contributed by atoms with Crippen LogP contribution in [0.25, 0.3) is 0 Å². The number of sulfone groups is 1. The summed E-state index contributed by atoms with van der Waals surface area (Å²) in [5.41, 5.74) is 0.869. The molecule has 0 aliphatic rings. The van der Waals surface area contributed by atoms with E-state index in [9.17, 15) is 17.6 Å². The Morgan fingerprint density at radius 3 is 2.45 bits per heavy atom. The molecule has 0 fully saturated rings. The van der Waals surface area contributed by atoms with Crippen LogP contribution in [0.3, 0.4) is 0 Å². The Morgan fingerprint density at radius 1 is 1.09 bits per heavy atom. The molecular weight excluding hydrogens is 307 g/mol. The number of benzene rings is 2. The molecule has 2 aromatic rings. The molecular formula is C15H15FN2O3S. The highest BCUT2D eigenvalue weighted by Gasteiger charge is 2.08. The summed E-state index contributed by atoms with van der Waals surface area (Å²) in [6.07, 6.45) is 1.11. The summed E-state index contributed by atoms with van der Waals surface area (Å²) in [5, 5.41) is 5.36. The van der Waals surface area contributed by atoms with Crippen LogP contribution in [0.2, 0.25) is 0 Å². The molecule has 7 heteroatoms. The summed E-state index contributed by atoms with van der Waals surface area (Å²) in [6.45, 7) is -0.0657. The van der Waals surface area contributed by atoms with Crippen molar-refractivity contribution in [1.82, 2.24) is 0 Å². The minimum absolute atomic E-state index is 0.0657. The molecule has 0 aliphatic heterocycles. The minimum atomic E-state index is -3.30. The normalized spacial score (nSPS) is 11.0. The van der Waals surface area contributed by atoms with Crippen molar-refractivity contribution in [3.63, 3.8) is 0 Å². The van der Waals surface area contributed by atoms with Crippen LogP contribution >= 0.6 is 0 Å². The monoisotopic (exact) mass is 322 g/mol. The van der Waals surface area contributed by atoms with Crippen LogP contribution < -0.4 is 10.6 Å². The van der Waals surface area contributed by atoms with Crippen molar-refractivity contribution in [3.05, 3.63) is 54.3 Å². The number of nitrogens with one attached hydrogen (secondary N) is 2. The first-order valence-electron chi connectivity index (χ1n) is 6.44. The van der Waals surface area contributed by atoms with E-state index in [1.165, 1.54) is 30.3 Å². The Balaban J connectivity index is 1.97. The highest BCUT2D eigenvalue weighted by molar-refractivity contribution is 7.90. The van der Waals surface area contributed by atoms with Crippen molar-refractivity contribution in [2.75, 3.05) is 23.4 Å². The van der Waals surface area contributed by atoms with E-state index in [1.807, 2.05) is 0 Å². The summed E-state index contributed by atoms with van der Waals surface area (Å²) in [5.74, 6) is -0.804. The van der Waals surface area contributed by atoms with Gasteiger partial charge < -0.3 is 10.6 Å². The van der Waals surface area contributed by atoms with Crippen LogP contribution in [0.1, 0.15) is 0 Å². The number of carbonyl (C=O) groups is 1. The number of hydrogen-bond donors (Lipinski definition) is 2. The molecule has 2 rings (SSSR count). The molecule has 0 atom stereocenters. The van der Waals surface area contributed by atoms with Crippen LogP contribution in [-0.4, -0.2) is 27.1 Å². The lowest BCUT2D eigenvalue weighted by Gasteiger charge is -2.09. The number of carbonyl (C=O) groups excluding carboxylic acids is 1. The summed E-state index contributed by atoms with van der Waals surface area (Å²) in [7, 11) is -3.30. The van der Waals surface area contributed by atoms with Gasteiger partial charge in [-0.15, -0.1) is 0 Å². The van der Waals surface area contributed by atoms with Crippen molar-refractivity contribution >= 4 is 27.1 Å². The highest BCUT2D eigenvalue weighted by atomic mass is 32.2. The molecule has 2 N–H and O–H groups in total. The lowest BCUT2D eigenvalue weighted by Crippen LogP contribution is -2.21.